The molecule has 2 unspecified atom stereocenters. The predicted molar refractivity (Wildman–Crippen MR) is 87.1 cm³/mol. The first-order chi connectivity index (χ1) is 9.95. The van der Waals surface area contributed by atoms with Gasteiger partial charge >= 0.3 is 0 Å². The number of pyridine rings is 1. The summed E-state index contributed by atoms with van der Waals surface area (Å²) < 4.78 is 24.0. The maximum Gasteiger partial charge on any atom is 0.151 e. The second kappa shape index (κ2) is 6.54. The van der Waals surface area contributed by atoms with Crippen molar-refractivity contribution in [2.24, 2.45) is 0 Å². The Morgan fingerprint density at radius 2 is 1.95 bits per heavy atom. The van der Waals surface area contributed by atoms with Crippen molar-refractivity contribution in [3.05, 3.63) is 42.2 Å². The van der Waals surface area contributed by atoms with E-state index in [0.29, 0.717) is 0 Å². The molecule has 1 heterocycles. The minimum Gasteiger partial charge on any atom is -0.309 e. The Balaban J connectivity index is 2.53. The molecule has 4 nitrogen and oxygen atoms in total. The normalized spacial score (nSPS) is 15.0. The summed E-state index contributed by atoms with van der Waals surface area (Å²) in [5.41, 5.74) is 0.944. The minimum absolute atomic E-state index is 0.251. The summed E-state index contributed by atoms with van der Waals surface area (Å²) in [6.45, 7) is 4.59. The Kier molecular flexibility index (Phi) is 4.96. The van der Waals surface area contributed by atoms with Crippen LogP contribution in [0.3, 0.4) is 0 Å². The van der Waals surface area contributed by atoms with Crippen molar-refractivity contribution in [3.63, 3.8) is 0 Å². The van der Waals surface area contributed by atoms with Crippen LogP contribution in [0, 0.1) is 0 Å². The molecule has 0 bridgehead atoms. The number of sulfone groups is 1. The van der Waals surface area contributed by atoms with Gasteiger partial charge in [0.15, 0.2) is 9.84 Å². The summed E-state index contributed by atoms with van der Waals surface area (Å²) in [4.78, 5) is 4.27. The lowest BCUT2D eigenvalue weighted by Crippen LogP contribution is -2.35. The van der Waals surface area contributed by atoms with Crippen LogP contribution in [-0.2, 0) is 9.84 Å². The van der Waals surface area contributed by atoms with Gasteiger partial charge in [0.25, 0.3) is 0 Å². The molecular formula is C16H22N2O2S. The van der Waals surface area contributed by atoms with Crippen molar-refractivity contribution < 1.29 is 8.42 Å². The highest BCUT2D eigenvalue weighted by molar-refractivity contribution is 7.91. The standard InChI is InChI=1S/C16H22N2O2S/c1-4-9-18-16(12(2)21(3,19)20)15-11-17-10-13-7-5-6-8-14(13)15/h5-8,10-12,16,18H,4,9H2,1-3H3. The molecule has 0 aliphatic rings. The Hall–Kier alpha value is -1.46. The molecule has 114 valence electrons. The molecule has 0 fully saturated rings. The van der Waals surface area contributed by atoms with Gasteiger partial charge in [0.05, 0.1) is 11.3 Å². The molecule has 2 aromatic rings. The minimum atomic E-state index is -3.14. The van der Waals surface area contributed by atoms with Crippen molar-refractivity contribution in [2.75, 3.05) is 12.8 Å². The molecule has 21 heavy (non-hydrogen) atoms. The summed E-state index contributed by atoms with van der Waals surface area (Å²) in [5.74, 6) is 0. The molecule has 2 atom stereocenters. The number of nitrogens with zero attached hydrogens (tertiary/aromatic N) is 1. The zero-order valence-electron chi connectivity index (χ0n) is 12.7. The summed E-state index contributed by atoms with van der Waals surface area (Å²) in [7, 11) is -3.14. The summed E-state index contributed by atoms with van der Waals surface area (Å²) in [5, 5.41) is 4.94. The smallest absolute Gasteiger partial charge is 0.151 e. The van der Waals surface area contributed by atoms with Gasteiger partial charge in [0.1, 0.15) is 0 Å². The predicted octanol–water partition coefficient (Wildman–Crippen LogP) is 2.71. The second-order valence-electron chi connectivity index (χ2n) is 5.42. The van der Waals surface area contributed by atoms with Crippen LogP contribution in [0.15, 0.2) is 36.7 Å². The first-order valence-corrected chi connectivity index (χ1v) is 9.15. The lowest BCUT2D eigenvalue weighted by Gasteiger charge is -2.25. The van der Waals surface area contributed by atoms with Gasteiger partial charge in [-0.05, 0) is 30.8 Å². The molecule has 0 saturated heterocycles. The monoisotopic (exact) mass is 306 g/mol. The number of benzene rings is 1. The van der Waals surface area contributed by atoms with Gasteiger partial charge in [-0.25, -0.2) is 8.42 Å². The fourth-order valence-corrected chi connectivity index (χ4v) is 3.20. The third kappa shape index (κ3) is 3.60. The number of hydrogen-bond acceptors (Lipinski definition) is 4. The Morgan fingerprint density at radius 3 is 2.62 bits per heavy atom. The number of aromatic nitrogens is 1. The van der Waals surface area contributed by atoms with E-state index in [1.165, 1.54) is 6.26 Å². The van der Waals surface area contributed by atoms with Crippen LogP contribution in [0.25, 0.3) is 10.8 Å². The zero-order chi connectivity index (χ0) is 15.5. The van der Waals surface area contributed by atoms with E-state index in [-0.39, 0.29) is 6.04 Å². The van der Waals surface area contributed by atoms with Crippen molar-refractivity contribution in [1.82, 2.24) is 10.3 Å². The Bertz CT molecular complexity index is 708. The largest absolute Gasteiger partial charge is 0.309 e. The highest BCUT2D eigenvalue weighted by Gasteiger charge is 2.28. The molecule has 2 rings (SSSR count). The van der Waals surface area contributed by atoms with E-state index in [1.807, 2.05) is 24.3 Å². The molecule has 0 radical (unpaired) electrons. The molecule has 0 aliphatic heterocycles. The van der Waals surface area contributed by atoms with Gasteiger partial charge in [-0.1, -0.05) is 31.2 Å². The van der Waals surface area contributed by atoms with E-state index in [9.17, 15) is 8.42 Å². The van der Waals surface area contributed by atoms with Crippen LogP contribution >= 0.6 is 0 Å². The van der Waals surface area contributed by atoms with Crippen molar-refractivity contribution >= 4 is 20.6 Å². The van der Waals surface area contributed by atoms with Gasteiger partial charge in [0.2, 0.25) is 0 Å². The summed E-state index contributed by atoms with van der Waals surface area (Å²) in [6, 6.07) is 7.69. The van der Waals surface area contributed by atoms with E-state index in [0.717, 1.165) is 29.3 Å². The zero-order valence-corrected chi connectivity index (χ0v) is 13.5. The quantitative estimate of drug-likeness (QED) is 0.891. The lowest BCUT2D eigenvalue weighted by molar-refractivity contribution is 0.502. The average molecular weight is 306 g/mol. The third-order valence-electron chi connectivity index (χ3n) is 3.79. The van der Waals surface area contributed by atoms with Gasteiger partial charge in [-0.3, -0.25) is 4.98 Å². The molecule has 0 amide bonds. The third-order valence-corrected chi connectivity index (χ3v) is 5.42. The van der Waals surface area contributed by atoms with Crippen LogP contribution in [0.4, 0.5) is 0 Å². The van der Waals surface area contributed by atoms with E-state index in [4.69, 9.17) is 0 Å². The topological polar surface area (TPSA) is 59.1 Å². The Labute approximate surface area is 126 Å². The molecule has 0 aliphatic carbocycles. The van der Waals surface area contributed by atoms with Crippen molar-refractivity contribution in [3.8, 4) is 0 Å². The van der Waals surface area contributed by atoms with E-state index in [2.05, 4.69) is 17.2 Å². The van der Waals surface area contributed by atoms with Gasteiger partial charge in [0, 0.05) is 24.0 Å². The van der Waals surface area contributed by atoms with Gasteiger partial charge in [-0.15, -0.1) is 0 Å². The number of hydrogen-bond donors (Lipinski definition) is 1. The van der Waals surface area contributed by atoms with Crippen LogP contribution in [0.2, 0.25) is 0 Å². The van der Waals surface area contributed by atoms with Crippen molar-refractivity contribution in [2.45, 2.75) is 31.6 Å². The fraction of sp³-hybridized carbons (Fsp3) is 0.438. The van der Waals surface area contributed by atoms with Gasteiger partial charge < -0.3 is 5.32 Å². The number of fused-ring (bicyclic) bond motifs is 1. The molecule has 0 saturated carbocycles. The van der Waals surface area contributed by atoms with E-state index >= 15 is 0 Å². The first-order valence-electron chi connectivity index (χ1n) is 7.20. The van der Waals surface area contributed by atoms with Crippen molar-refractivity contribution in [1.29, 1.82) is 0 Å². The summed E-state index contributed by atoms with van der Waals surface area (Å²) in [6.07, 6.45) is 5.82. The molecule has 1 aromatic carbocycles. The number of nitrogens with one attached hydrogen (secondary N) is 1. The molecule has 1 aromatic heterocycles. The highest BCUT2D eigenvalue weighted by Crippen LogP contribution is 2.28. The Morgan fingerprint density at radius 1 is 1.24 bits per heavy atom. The molecule has 1 N–H and O–H groups in total. The van der Waals surface area contributed by atoms with E-state index < -0.39 is 15.1 Å². The van der Waals surface area contributed by atoms with Crippen LogP contribution in [-0.4, -0.2) is 31.5 Å². The van der Waals surface area contributed by atoms with E-state index in [1.54, 1.807) is 19.3 Å². The first kappa shape index (κ1) is 15.9. The highest BCUT2D eigenvalue weighted by atomic mass is 32.2. The second-order valence-corrected chi connectivity index (χ2v) is 7.82. The maximum atomic E-state index is 12.0. The van der Waals surface area contributed by atoms with Crippen LogP contribution < -0.4 is 5.32 Å². The molecular weight excluding hydrogens is 284 g/mol. The molecule has 5 heteroatoms. The lowest BCUT2D eigenvalue weighted by atomic mass is 9.99. The summed E-state index contributed by atoms with van der Waals surface area (Å²) >= 11 is 0. The maximum absolute atomic E-state index is 12.0. The SMILES string of the molecule is CCCNC(c1cncc2ccccc12)C(C)S(C)(=O)=O. The average Bonchev–Trinajstić information content (AvgIpc) is 2.46. The van der Waals surface area contributed by atoms with Gasteiger partial charge in [-0.2, -0.15) is 0 Å². The fourth-order valence-electron chi connectivity index (χ4n) is 2.46. The molecule has 0 spiro atoms. The number of rotatable bonds is 6. The van der Waals surface area contributed by atoms with Crippen LogP contribution in [0.1, 0.15) is 31.9 Å². The van der Waals surface area contributed by atoms with Crippen LogP contribution in [0.5, 0.6) is 0 Å².